The lowest BCUT2D eigenvalue weighted by Crippen LogP contribution is -2.28. The summed E-state index contributed by atoms with van der Waals surface area (Å²) < 4.78 is 1.16. The van der Waals surface area contributed by atoms with E-state index < -0.39 is 0 Å². The highest BCUT2D eigenvalue weighted by Gasteiger charge is 2.03. The Labute approximate surface area is 112 Å². The van der Waals surface area contributed by atoms with Gasteiger partial charge in [-0.2, -0.15) is 11.8 Å². The Morgan fingerprint density at radius 3 is 2.81 bits per heavy atom. The highest BCUT2D eigenvalue weighted by molar-refractivity contribution is 9.10. The number of hydrogen-bond donors (Lipinski definition) is 1. The van der Waals surface area contributed by atoms with Gasteiger partial charge in [-0.3, -0.25) is 0 Å². The molecule has 0 heterocycles. The number of benzene rings is 1. The first-order valence-corrected chi connectivity index (χ1v) is 7.64. The molecule has 0 spiro atoms. The van der Waals surface area contributed by atoms with Crippen molar-refractivity contribution in [2.45, 2.75) is 33.4 Å². The van der Waals surface area contributed by atoms with Crippen molar-refractivity contribution in [2.75, 3.05) is 11.5 Å². The van der Waals surface area contributed by atoms with E-state index in [1.807, 2.05) is 11.8 Å². The third-order valence-corrected chi connectivity index (χ3v) is 4.15. The Hall–Kier alpha value is 0.01000. The maximum Gasteiger partial charge on any atom is 0.0210 e. The minimum atomic E-state index is 0.577. The van der Waals surface area contributed by atoms with Gasteiger partial charge in [-0.1, -0.05) is 28.9 Å². The van der Waals surface area contributed by atoms with Crippen molar-refractivity contribution in [2.24, 2.45) is 0 Å². The van der Waals surface area contributed by atoms with E-state index in [1.54, 1.807) is 0 Å². The van der Waals surface area contributed by atoms with Crippen LogP contribution in [0.4, 0.5) is 0 Å². The standard InChI is InChI=1S/C13H20BrNS/c1-4-16-9-11(3)15-8-12-5-6-13(14)7-10(12)2/h5-7,11,15H,4,8-9H2,1-3H3. The number of nitrogens with one attached hydrogen (secondary N) is 1. The van der Waals surface area contributed by atoms with Gasteiger partial charge in [-0.15, -0.1) is 0 Å². The molecule has 0 aliphatic heterocycles. The van der Waals surface area contributed by atoms with Crippen LogP contribution in [0.3, 0.4) is 0 Å². The van der Waals surface area contributed by atoms with E-state index in [2.05, 4.69) is 60.2 Å². The molecule has 0 aliphatic rings. The topological polar surface area (TPSA) is 12.0 Å². The van der Waals surface area contributed by atoms with Crippen LogP contribution in [0.5, 0.6) is 0 Å². The van der Waals surface area contributed by atoms with Gasteiger partial charge in [-0.25, -0.2) is 0 Å². The minimum Gasteiger partial charge on any atom is -0.309 e. The quantitative estimate of drug-likeness (QED) is 0.853. The molecular weight excluding hydrogens is 282 g/mol. The summed E-state index contributed by atoms with van der Waals surface area (Å²) >= 11 is 5.47. The molecule has 0 aliphatic carbocycles. The zero-order valence-electron chi connectivity index (χ0n) is 10.2. The number of hydrogen-bond acceptors (Lipinski definition) is 2. The summed E-state index contributed by atoms with van der Waals surface area (Å²) in [6.45, 7) is 7.57. The minimum absolute atomic E-state index is 0.577. The lowest BCUT2D eigenvalue weighted by atomic mass is 10.1. The molecule has 0 fully saturated rings. The van der Waals surface area contributed by atoms with E-state index in [9.17, 15) is 0 Å². The molecule has 1 rings (SSSR count). The van der Waals surface area contributed by atoms with Gasteiger partial charge in [0.25, 0.3) is 0 Å². The smallest absolute Gasteiger partial charge is 0.0210 e. The molecule has 1 aromatic carbocycles. The zero-order valence-corrected chi connectivity index (χ0v) is 12.6. The molecule has 16 heavy (non-hydrogen) atoms. The molecule has 0 amide bonds. The molecule has 0 saturated carbocycles. The van der Waals surface area contributed by atoms with Crippen LogP contribution in [-0.4, -0.2) is 17.5 Å². The second-order valence-electron chi connectivity index (χ2n) is 4.01. The van der Waals surface area contributed by atoms with Crippen molar-refractivity contribution in [1.29, 1.82) is 0 Å². The summed E-state index contributed by atoms with van der Waals surface area (Å²) in [6.07, 6.45) is 0. The summed E-state index contributed by atoms with van der Waals surface area (Å²) in [5.41, 5.74) is 2.73. The van der Waals surface area contributed by atoms with Crippen molar-refractivity contribution >= 4 is 27.7 Å². The predicted octanol–water partition coefficient (Wildman–Crippen LogP) is 3.99. The first kappa shape index (κ1) is 14.1. The fourth-order valence-corrected chi connectivity index (χ4v) is 2.68. The molecule has 1 unspecified atom stereocenters. The van der Waals surface area contributed by atoms with E-state index >= 15 is 0 Å². The number of halogens is 1. The Morgan fingerprint density at radius 2 is 2.19 bits per heavy atom. The second kappa shape index (κ2) is 7.36. The van der Waals surface area contributed by atoms with Gasteiger partial charge in [-0.05, 0) is 42.9 Å². The van der Waals surface area contributed by atoms with E-state index in [0.29, 0.717) is 6.04 Å². The molecule has 1 atom stereocenters. The fraction of sp³-hybridized carbons (Fsp3) is 0.538. The summed E-state index contributed by atoms with van der Waals surface area (Å²) in [6, 6.07) is 7.04. The Kier molecular flexibility index (Phi) is 6.47. The van der Waals surface area contributed by atoms with Crippen LogP contribution in [0.25, 0.3) is 0 Å². The fourth-order valence-electron chi connectivity index (χ4n) is 1.50. The van der Waals surface area contributed by atoms with Crippen LogP contribution in [0.15, 0.2) is 22.7 Å². The van der Waals surface area contributed by atoms with Gasteiger partial charge >= 0.3 is 0 Å². The van der Waals surface area contributed by atoms with Crippen molar-refractivity contribution in [3.05, 3.63) is 33.8 Å². The van der Waals surface area contributed by atoms with Crippen LogP contribution in [-0.2, 0) is 6.54 Å². The average Bonchev–Trinajstić information content (AvgIpc) is 2.25. The lowest BCUT2D eigenvalue weighted by Gasteiger charge is -2.14. The van der Waals surface area contributed by atoms with Crippen LogP contribution in [0.1, 0.15) is 25.0 Å². The number of rotatable bonds is 6. The van der Waals surface area contributed by atoms with Gasteiger partial charge in [0.1, 0.15) is 0 Å². The third-order valence-electron chi connectivity index (χ3n) is 2.52. The summed E-state index contributed by atoms with van der Waals surface area (Å²) in [7, 11) is 0. The molecule has 0 radical (unpaired) electrons. The van der Waals surface area contributed by atoms with E-state index in [-0.39, 0.29) is 0 Å². The highest BCUT2D eigenvalue weighted by Crippen LogP contribution is 2.15. The summed E-state index contributed by atoms with van der Waals surface area (Å²) in [4.78, 5) is 0. The number of aryl methyl sites for hydroxylation is 1. The molecule has 90 valence electrons. The molecule has 3 heteroatoms. The molecule has 0 saturated heterocycles. The van der Waals surface area contributed by atoms with Crippen LogP contribution in [0, 0.1) is 6.92 Å². The van der Waals surface area contributed by atoms with Gasteiger partial charge in [0.05, 0.1) is 0 Å². The summed E-state index contributed by atoms with van der Waals surface area (Å²) in [5, 5.41) is 3.56. The average molecular weight is 302 g/mol. The van der Waals surface area contributed by atoms with Gasteiger partial charge in [0.2, 0.25) is 0 Å². The molecule has 0 aromatic heterocycles. The summed E-state index contributed by atoms with van der Waals surface area (Å²) in [5.74, 6) is 2.38. The largest absolute Gasteiger partial charge is 0.309 e. The normalized spacial score (nSPS) is 12.8. The molecule has 1 nitrogen and oxygen atoms in total. The molecule has 0 bridgehead atoms. The van der Waals surface area contributed by atoms with Gasteiger partial charge in [0, 0.05) is 22.8 Å². The van der Waals surface area contributed by atoms with Crippen LogP contribution in [0.2, 0.25) is 0 Å². The first-order valence-electron chi connectivity index (χ1n) is 5.69. The number of thioether (sulfide) groups is 1. The van der Waals surface area contributed by atoms with Gasteiger partial charge < -0.3 is 5.32 Å². The Morgan fingerprint density at radius 1 is 1.44 bits per heavy atom. The monoisotopic (exact) mass is 301 g/mol. The van der Waals surface area contributed by atoms with Crippen molar-refractivity contribution < 1.29 is 0 Å². The van der Waals surface area contributed by atoms with Crippen LogP contribution < -0.4 is 5.32 Å². The van der Waals surface area contributed by atoms with E-state index in [1.165, 1.54) is 22.6 Å². The second-order valence-corrected chi connectivity index (χ2v) is 6.25. The predicted molar refractivity (Wildman–Crippen MR) is 78.2 cm³/mol. The maximum atomic E-state index is 3.56. The van der Waals surface area contributed by atoms with Crippen molar-refractivity contribution in [3.63, 3.8) is 0 Å². The first-order chi connectivity index (χ1) is 7.63. The zero-order chi connectivity index (χ0) is 12.0. The lowest BCUT2D eigenvalue weighted by molar-refractivity contribution is 0.594. The van der Waals surface area contributed by atoms with Crippen molar-refractivity contribution in [3.8, 4) is 0 Å². The van der Waals surface area contributed by atoms with Crippen LogP contribution >= 0.6 is 27.7 Å². The SMILES string of the molecule is CCSCC(C)NCc1ccc(Br)cc1C. The Balaban J connectivity index is 2.42. The van der Waals surface area contributed by atoms with Gasteiger partial charge in [0.15, 0.2) is 0 Å². The van der Waals surface area contributed by atoms with E-state index in [0.717, 1.165) is 11.0 Å². The Bertz CT molecular complexity index is 328. The third kappa shape index (κ3) is 4.89. The molecular formula is C13H20BrNS. The highest BCUT2D eigenvalue weighted by atomic mass is 79.9. The molecule has 1 N–H and O–H groups in total. The molecule has 1 aromatic rings. The van der Waals surface area contributed by atoms with Crippen molar-refractivity contribution in [1.82, 2.24) is 5.32 Å². The maximum absolute atomic E-state index is 3.56. The van der Waals surface area contributed by atoms with E-state index in [4.69, 9.17) is 0 Å².